The third kappa shape index (κ3) is 3.23. The van der Waals surface area contributed by atoms with Crippen LogP contribution in [0.1, 0.15) is 22.3 Å². The maximum absolute atomic E-state index is 6.57. The van der Waals surface area contributed by atoms with Crippen molar-refractivity contribution in [2.24, 2.45) is 4.99 Å². The Hall–Kier alpha value is -2.68. The number of benzene rings is 3. The van der Waals surface area contributed by atoms with Crippen LogP contribution in [0.4, 0.5) is 0 Å². The largest absolute Gasteiger partial charge is 0.271 e. The van der Waals surface area contributed by atoms with Gasteiger partial charge in [0.05, 0.1) is 17.1 Å². The molecule has 2 heterocycles. The number of pyridine rings is 1. The lowest BCUT2D eigenvalue weighted by atomic mass is 9.80. The van der Waals surface area contributed by atoms with E-state index < -0.39 is 5.54 Å². The fourth-order valence-electron chi connectivity index (χ4n) is 4.04. The van der Waals surface area contributed by atoms with Gasteiger partial charge in [-0.15, -0.1) is 11.6 Å². The van der Waals surface area contributed by atoms with Gasteiger partial charge in [0.1, 0.15) is 5.54 Å². The van der Waals surface area contributed by atoms with Crippen LogP contribution in [0, 0.1) is 0 Å². The van der Waals surface area contributed by atoms with Crippen molar-refractivity contribution in [1.29, 1.82) is 0 Å². The minimum absolute atomic E-state index is 0.382. The Morgan fingerprint density at radius 2 is 1.66 bits per heavy atom. The van der Waals surface area contributed by atoms with Gasteiger partial charge in [0.25, 0.3) is 0 Å². The van der Waals surface area contributed by atoms with Crippen LogP contribution in [-0.2, 0) is 12.0 Å². The molecule has 0 N–H and O–H groups in total. The van der Waals surface area contributed by atoms with E-state index in [4.69, 9.17) is 28.2 Å². The number of para-hydroxylation sites is 1. The molecule has 0 aliphatic carbocycles. The zero-order valence-electron chi connectivity index (χ0n) is 15.6. The summed E-state index contributed by atoms with van der Waals surface area (Å²) in [5.41, 5.74) is 5.81. The van der Waals surface area contributed by atoms with Crippen LogP contribution in [-0.4, -0.2) is 16.6 Å². The van der Waals surface area contributed by atoms with Crippen LogP contribution in [0.5, 0.6) is 0 Å². The Morgan fingerprint density at radius 3 is 2.48 bits per heavy atom. The molecule has 0 amide bonds. The van der Waals surface area contributed by atoms with Gasteiger partial charge in [0.2, 0.25) is 0 Å². The zero-order valence-corrected chi connectivity index (χ0v) is 17.2. The van der Waals surface area contributed by atoms with Crippen LogP contribution >= 0.6 is 23.2 Å². The molecule has 0 saturated heterocycles. The second-order valence-corrected chi connectivity index (χ2v) is 8.09. The second kappa shape index (κ2) is 7.29. The van der Waals surface area contributed by atoms with Gasteiger partial charge in [-0.05, 0) is 35.4 Å². The number of hydrogen-bond acceptors (Lipinski definition) is 2. The van der Waals surface area contributed by atoms with Crippen molar-refractivity contribution in [3.05, 3.63) is 112 Å². The number of hydrogen-bond donors (Lipinski definition) is 0. The first-order valence-electron chi connectivity index (χ1n) is 9.54. The lowest BCUT2D eigenvalue weighted by Crippen LogP contribution is -2.35. The van der Waals surface area contributed by atoms with Gasteiger partial charge in [0.15, 0.2) is 0 Å². The van der Waals surface area contributed by atoms with Gasteiger partial charge < -0.3 is 0 Å². The van der Waals surface area contributed by atoms with Gasteiger partial charge in [-0.2, -0.15) is 0 Å². The van der Waals surface area contributed by atoms with Crippen molar-refractivity contribution in [2.45, 2.75) is 12.0 Å². The Labute approximate surface area is 179 Å². The highest BCUT2D eigenvalue weighted by Gasteiger charge is 2.36. The van der Waals surface area contributed by atoms with Crippen LogP contribution in [0.25, 0.3) is 10.9 Å². The van der Waals surface area contributed by atoms with Crippen molar-refractivity contribution in [1.82, 2.24) is 4.98 Å². The minimum Gasteiger partial charge on any atom is -0.271 e. The van der Waals surface area contributed by atoms with Gasteiger partial charge in [-0.1, -0.05) is 66.2 Å². The molecule has 29 heavy (non-hydrogen) atoms. The maximum atomic E-state index is 6.57. The van der Waals surface area contributed by atoms with Gasteiger partial charge in [-0.25, -0.2) is 0 Å². The average Bonchev–Trinajstić information content (AvgIpc) is 2.78. The molecule has 1 atom stereocenters. The van der Waals surface area contributed by atoms with E-state index in [0.29, 0.717) is 10.9 Å². The van der Waals surface area contributed by atoms with E-state index >= 15 is 0 Å². The van der Waals surface area contributed by atoms with Crippen LogP contribution in [0.3, 0.4) is 0 Å². The Morgan fingerprint density at radius 1 is 0.897 bits per heavy atom. The molecule has 1 aliphatic heterocycles. The number of aliphatic imine (C=N–C) groups is 1. The third-order valence-electron chi connectivity index (χ3n) is 5.55. The first kappa shape index (κ1) is 18.4. The highest BCUT2D eigenvalue weighted by Crippen LogP contribution is 2.38. The molecule has 0 fully saturated rings. The van der Waals surface area contributed by atoms with Gasteiger partial charge >= 0.3 is 0 Å². The van der Waals surface area contributed by atoms with Crippen molar-refractivity contribution in [2.75, 3.05) is 5.88 Å². The smallest absolute Gasteiger partial charge is 0.104 e. The lowest BCUT2D eigenvalue weighted by Gasteiger charge is -2.34. The average molecular weight is 417 g/mol. The molecule has 4 aromatic rings. The van der Waals surface area contributed by atoms with E-state index in [9.17, 15) is 0 Å². The van der Waals surface area contributed by atoms with E-state index in [-0.39, 0.29) is 0 Å². The van der Waals surface area contributed by atoms with E-state index in [0.717, 1.165) is 39.7 Å². The highest BCUT2D eigenvalue weighted by molar-refractivity contribution is 6.30. The summed E-state index contributed by atoms with van der Waals surface area (Å²) in [6.07, 6.45) is 2.66. The summed E-state index contributed by atoms with van der Waals surface area (Å²) in [6.45, 7) is 0. The minimum atomic E-state index is -0.540. The predicted octanol–water partition coefficient (Wildman–Crippen LogP) is 6.42. The fourth-order valence-corrected chi connectivity index (χ4v) is 4.47. The molecule has 0 bridgehead atoms. The number of aromatic nitrogens is 1. The summed E-state index contributed by atoms with van der Waals surface area (Å²) >= 11 is 12.7. The molecule has 2 nitrogen and oxygen atoms in total. The number of nitrogens with zero attached hydrogens (tertiary/aromatic N) is 2. The normalized spacial score (nSPS) is 18.3. The van der Waals surface area contributed by atoms with Gasteiger partial charge in [0, 0.05) is 34.2 Å². The summed E-state index contributed by atoms with van der Waals surface area (Å²) in [5.74, 6) is 0.382. The molecular weight excluding hydrogens is 399 g/mol. The van der Waals surface area contributed by atoms with E-state index in [1.54, 1.807) is 0 Å². The van der Waals surface area contributed by atoms with Crippen molar-refractivity contribution in [3.8, 4) is 0 Å². The molecule has 0 radical (unpaired) electrons. The Balaban J connectivity index is 1.74. The maximum Gasteiger partial charge on any atom is 0.104 e. The lowest BCUT2D eigenvalue weighted by molar-refractivity contribution is 0.495. The number of halogens is 2. The summed E-state index contributed by atoms with van der Waals surface area (Å²) in [5, 5.41) is 1.80. The summed E-state index contributed by atoms with van der Waals surface area (Å²) < 4.78 is 0. The fraction of sp³-hybridized carbons (Fsp3) is 0.120. The molecule has 0 spiro atoms. The molecule has 5 rings (SSSR count). The summed E-state index contributed by atoms with van der Waals surface area (Å²) in [6, 6.07) is 26.6. The number of fused-ring (bicyclic) bond motifs is 2. The first-order chi connectivity index (χ1) is 14.2. The van der Waals surface area contributed by atoms with E-state index in [2.05, 4.69) is 41.4 Å². The van der Waals surface area contributed by atoms with Crippen LogP contribution in [0.15, 0.2) is 90.1 Å². The Bertz CT molecular complexity index is 1230. The highest BCUT2D eigenvalue weighted by atomic mass is 35.5. The Kier molecular flexibility index (Phi) is 4.61. The van der Waals surface area contributed by atoms with Crippen molar-refractivity contribution >= 4 is 39.8 Å². The molecule has 4 heteroatoms. The standard InChI is InChI=1S/C25H18Cl2N2/c26-16-25(20-9-11-21(27)12-10-20)14-18-6-1-3-7-22(18)24(29-25)19-13-17-5-2-4-8-23(17)28-15-19/h1-13,15H,14,16H2. The third-order valence-corrected chi connectivity index (χ3v) is 6.24. The zero-order chi connectivity index (χ0) is 19.8. The number of alkyl halides is 1. The molecular formula is C25H18Cl2N2. The SMILES string of the molecule is ClCC1(c2ccc(Cl)cc2)Cc2ccccc2C(c2cnc3ccccc3c2)=N1. The molecule has 1 unspecified atom stereocenters. The molecule has 1 aliphatic rings. The topological polar surface area (TPSA) is 25.2 Å². The summed E-state index contributed by atoms with van der Waals surface area (Å²) in [7, 11) is 0. The molecule has 3 aromatic carbocycles. The summed E-state index contributed by atoms with van der Waals surface area (Å²) in [4.78, 5) is 9.91. The monoisotopic (exact) mass is 416 g/mol. The van der Waals surface area contributed by atoms with E-state index in [1.807, 2.05) is 48.7 Å². The first-order valence-corrected chi connectivity index (χ1v) is 10.5. The molecule has 1 aromatic heterocycles. The number of rotatable bonds is 3. The molecule has 142 valence electrons. The van der Waals surface area contributed by atoms with Crippen molar-refractivity contribution < 1.29 is 0 Å². The van der Waals surface area contributed by atoms with Crippen LogP contribution < -0.4 is 0 Å². The van der Waals surface area contributed by atoms with Crippen LogP contribution in [0.2, 0.25) is 5.02 Å². The molecule has 0 saturated carbocycles. The van der Waals surface area contributed by atoms with Crippen molar-refractivity contribution in [3.63, 3.8) is 0 Å². The predicted molar refractivity (Wildman–Crippen MR) is 121 cm³/mol. The quantitative estimate of drug-likeness (QED) is 0.353. The van der Waals surface area contributed by atoms with Gasteiger partial charge in [-0.3, -0.25) is 9.98 Å². The van der Waals surface area contributed by atoms with E-state index in [1.165, 1.54) is 5.56 Å². The second-order valence-electron chi connectivity index (χ2n) is 7.38.